The van der Waals surface area contributed by atoms with E-state index in [0.717, 1.165) is 31.5 Å². The number of nitrogens with zero attached hydrogens (tertiary/aromatic N) is 1. The zero-order valence-corrected chi connectivity index (χ0v) is 9.58. The Hall–Kier alpha value is -1.42. The average molecular weight is 234 g/mol. The van der Waals surface area contributed by atoms with Gasteiger partial charge >= 0.3 is 0 Å². The molecule has 0 bridgehead atoms. The molecular formula is C13H15FN2O. The van der Waals surface area contributed by atoms with Crippen LogP contribution in [-0.4, -0.2) is 23.9 Å². The van der Waals surface area contributed by atoms with Crippen LogP contribution >= 0.6 is 0 Å². The Morgan fingerprint density at radius 3 is 2.82 bits per heavy atom. The summed E-state index contributed by atoms with van der Waals surface area (Å²) in [4.78, 5) is 13.8. The second-order valence-electron chi connectivity index (χ2n) is 4.69. The van der Waals surface area contributed by atoms with Crippen molar-refractivity contribution in [1.29, 1.82) is 0 Å². The monoisotopic (exact) mass is 234 g/mol. The van der Waals surface area contributed by atoms with Crippen molar-refractivity contribution in [3.8, 4) is 0 Å². The number of benzene rings is 1. The van der Waals surface area contributed by atoms with Crippen molar-refractivity contribution in [2.24, 2.45) is 0 Å². The van der Waals surface area contributed by atoms with Crippen LogP contribution in [0.5, 0.6) is 0 Å². The first-order chi connectivity index (χ1) is 8.22. The summed E-state index contributed by atoms with van der Waals surface area (Å²) in [6, 6.07) is 6.47. The molecule has 4 heteroatoms. The Bertz CT molecular complexity index is 445. The molecule has 0 saturated carbocycles. The van der Waals surface area contributed by atoms with Gasteiger partial charge in [0.25, 0.3) is 0 Å². The number of fused-ring (bicyclic) bond motifs is 1. The summed E-state index contributed by atoms with van der Waals surface area (Å²) in [5.41, 5.74) is 0.604. The van der Waals surface area contributed by atoms with Gasteiger partial charge in [0.15, 0.2) is 0 Å². The normalized spacial score (nSPS) is 28.3. The molecular weight excluding hydrogens is 219 g/mol. The molecule has 2 aliphatic heterocycles. The van der Waals surface area contributed by atoms with Gasteiger partial charge in [-0.05, 0) is 37.1 Å². The van der Waals surface area contributed by atoms with E-state index in [1.165, 1.54) is 12.1 Å². The molecule has 2 aliphatic rings. The summed E-state index contributed by atoms with van der Waals surface area (Å²) in [6.45, 7) is 1.70. The van der Waals surface area contributed by atoms with Crippen molar-refractivity contribution in [2.75, 3.05) is 13.1 Å². The number of carbonyl (C=O) groups excluding carboxylic acids is 1. The van der Waals surface area contributed by atoms with Gasteiger partial charge in [0.2, 0.25) is 5.91 Å². The third kappa shape index (κ3) is 1.55. The molecule has 0 unspecified atom stereocenters. The van der Waals surface area contributed by atoms with Crippen molar-refractivity contribution in [3.63, 3.8) is 0 Å². The summed E-state index contributed by atoms with van der Waals surface area (Å²) < 4.78 is 13.0. The smallest absolute Gasteiger partial charge is 0.224 e. The summed E-state index contributed by atoms with van der Waals surface area (Å²) in [5.74, 6) is -0.0432. The van der Waals surface area contributed by atoms with Crippen molar-refractivity contribution in [1.82, 2.24) is 10.2 Å². The molecule has 0 aliphatic carbocycles. The molecule has 0 aromatic heterocycles. The fourth-order valence-corrected chi connectivity index (χ4v) is 2.93. The van der Waals surface area contributed by atoms with E-state index >= 15 is 0 Å². The van der Waals surface area contributed by atoms with Gasteiger partial charge in [-0.25, -0.2) is 4.39 Å². The number of halogens is 1. The van der Waals surface area contributed by atoms with Gasteiger partial charge in [0, 0.05) is 13.0 Å². The van der Waals surface area contributed by atoms with Gasteiger partial charge < -0.3 is 4.90 Å². The molecule has 0 spiro atoms. The highest BCUT2D eigenvalue weighted by molar-refractivity contribution is 5.80. The van der Waals surface area contributed by atoms with Crippen LogP contribution in [-0.2, 0) is 10.5 Å². The minimum absolute atomic E-state index is 0.196. The van der Waals surface area contributed by atoms with E-state index < -0.39 is 0 Å². The highest BCUT2D eigenvalue weighted by atomic mass is 19.1. The quantitative estimate of drug-likeness (QED) is 0.800. The van der Waals surface area contributed by atoms with E-state index in [1.54, 1.807) is 12.1 Å². The molecule has 2 saturated heterocycles. The molecule has 3 rings (SSSR count). The lowest BCUT2D eigenvalue weighted by atomic mass is 9.94. The first-order valence-corrected chi connectivity index (χ1v) is 6.04. The Morgan fingerprint density at radius 1 is 1.29 bits per heavy atom. The number of nitrogens with one attached hydrogen (secondary N) is 1. The minimum Gasteiger partial charge on any atom is -0.320 e. The van der Waals surface area contributed by atoms with Crippen LogP contribution < -0.4 is 5.32 Å². The molecule has 2 heterocycles. The highest BCUT2D eigenvalue weighted by Crippen LogP contribution is 2.38. The standard InChI is InChI=1S/C13H15FN2O/c14-11-4-2-10(3-5-11)13-7-6-12(17)16(13)9-1-8-15-13/h2-5,15H,1,6-9H2/t13-/m0/s1. The zero-order chi connectivity index (χ0) is 11.9. The van der Waals surface area contributed by atoms with Crippen LogP contribution in [0.25, 0.3) is 0 Å². The fraction of sp³-hybridized carbons (Fsp3) is 0.462. The van der Waals surface area contributed by atoms with Gasteiger partial charge in [0.1, 0.15) is 11.5 Å². The highest BCUT2D eigenvalue weighted by Gasteiger charge is 2.47. The van der Waals surface area contributed by atoms with Gasteiger partial charge in [-0.1, -0.05) is 12.1 Å². The zero-order valence-electron chi connectivity index (χ0n) is 9.58. The lowest BCUT2D eigenvalue weighted by Gasteiger charge is -2.43. The van der Waals surface area contributed by atoms with Crippen LogP contribution in [0.15, 0.2) is 24.3 Å². The maximum Gasteiger partial charge on any atom is 0.224 e. The Kier molecular flexibility index (Phi) is 2.40. The predicted molar refractivity (Wildman–Crippen MR) is 61.6 cm³/mol. The number of hydrogen-bond donors (Lipinski definition) is 1. The topological polar surface area (TPSA) is 32.3 Å². The van der Waals surface area contributed by atoms with Gasteiger partial charge in [-0.3, -0.25) is 10.1 Å². The van der Waals surface area contributed by atoms with Crippen LogP contribution in [0.1, 0.15) is 24.8 Å². The Morgan fingerprint density at radius 2 is 2.06 bits per heavy atom. The van der Waals surface area contributed by atoms with Crippen LogP contribution in [0.2, 0.25) is 0 Å². The maximum atomic E-state index is 13.0. The summed E-state index contributed by atoms with van der Waals surface area (Å²) in [5, 5.41) is 3.44. The fourth-order valence-electron chi connectivity index (χ4n) is 2.93. The molecule has 0 radical (unpaired) electrons. The summed E-state index contributed by atoms with van der Waals surface area (Å²) in [7, 11) is 0. The van der Waals surface area contributed by atoms with Gasteiger partial charge in [-0.2, -0.15) is 0 Å². The largest absolute Gasteiger partial charge is 0.320 e. The van der Waals surface area contributed by atoms with Crippen molar-refractivity contribution < 1.29 is 9.18 Å². The van der Waals surface area contributed by atoms with Gasteiger partial charge in [0.05, 0.1) is 0 Å². The molecule has 2 fully saturated rings. The van der Waals surface area contributed by atoms with Crippen molar-refractivity contribution in [3.05, 3.63) is 35.6 Å². The molecule has 17 heavy (non-hydrogen) atoms. The van der Waals surface area contributed by atoms with Crippen LogP contribution in [0.4, 0.5) is 4.39 Å². The lowest BCUT2D eigenvalue weighted by Crippen LogP contribution is -2.58. The second kappa shape index (κ2) is 3.81. The van der Waals surface area contributed by atoms with E-state index in [2.05, 4.69) is 5.32 Å². The predicted octanol–water partition coefficient (Wildman–Crippen LogP) is 1.59. The summed E-state index contributed by atoms with van der Waals surface area (Å²) >= 11 is 0. The van der Waals surface area contributed by atoms with E-state index in [4.69, 9.17) is 0 Å². The number of amides is 1. The minimum atomic E-state index is -0.386. The average Bonchev–Trinajstić information content (AvgIpc) is 2.70. The molecule has 1 amide bonds. The lowest BCUT2D eigenvalue weighted by molar-refractivity contribution is -0.133. The number of carbonyl (C=O) groups is 1. The molecule has 3 nitrogen and oxygen atoms in total. The van der Waals surface area contributed by atoms with Gasteiger partial charge in [-0.15, -0.1) is 0 Å². The third-order valence-corrected chi connectivity index (χ3v) is 3.76. The molecule has 1 aromatic carbocycles. The molecule has 1 N–H and O–H groups in total. The van der Waals surface area contributed by atoms with E-state index in [-0.39, 0.29) is 17.4 Å². The van der Waals surface area contributed by atoms with E-state index in [1.807, 2.05) is 4.90 Å². The van der Waals surface area contributed by atoms with E-state index in [9.17, 15) is 9.18 Å². The van der Waals surface area contributed by atoms with Crippen molar-refractivity contribution in [2.45, 2.75) is 24.9 Å². The first kappa shape index (κ1) is 10.7. The first-order valence-electron chi connectivity index (χ1n) is 6.04. The maximum absolute atomic E-state index is 13.0. The number of rotatable bonds is 1. The molecule has 1 aromatic rings. The van der Waals surface area contributed by atoms with Crippen LogP contribution in [0.3, 0.4) is 0 Å². The third-order valence-electron chi connectivity index (χ3n) is 3.76. The second-order valence-corrected chi connectivity index (χ2v) is 4.69. The Labute approximate surface area is 99.6 Å². The SMILES string of the molecule is O=C1CC[C@]2(c3ccc(F)cc3)NCCCN12. The molecule has 1 atom stereocenters. The Balaban J connectivity index is 2.03. The summed E-state index contributed by atoms with van der Waals surface area (Å²) in [6.07, 6.45) is 2.33. The van der Waals surface area contributed by atoms with E-state index in [0.29, 0.717) is 6.42 Å². The van der Waals surface area contributed by atoms with Crippen molar-refractivity contribution >= 4 is 5.91 Å². The number of hydrogen-bond acceptors (Lipinski definition) is 2. The van der Waals surface area contributed by atoms with Crippen LogP contribution in [0, 0.1) is 5.82 Å². The molecule has 90 valence electrons.